The van der Waals surface area contributed by atoms with Crippen LogP contribution in [0.4, 0.5) is 5.69 Å². The van der Waals surface area contributed by atoms with Crippen molar-refractivity contribution in [3.63, 3.8) is 0 Å². The SMILES string of the molecule is CCCOc1ccccc1OCC(=O)OCC(=O)Nc1cccc(Cl)c1Cl. The van der Waals surface area contributed by atoms with Crippen molar-refractivity contribution in [1.29, 1.82) is 0 Å². The molecule has 6 nitrogen and oxygen atoms in total. The van der Waals surface area contributed by atoms with Gasteiger partial charge < -0.3 is 19.5 Å². The predicted octanol–water partition coefficient (Wildman–Crippen LogP) is 4.34. The molecule has 0 aromatic heterocycles. The lowest BCUT2D eigenvalue weighted by atomic mass is 10.3. The fourth-order valence-electron chi connectivity index (χ4n) is 2.01. The lowest BCUT2D eigenvalue weighted by Crippen LogP contribution is -2.23. The van der Waals surface area contributed by atoms with Crippen molar-refractivity contribution >= 4 is 40.8 Å². The van der Waals surface area contributed by atoms with Crippen molar-refractivity contribution in [3.8, 4) is 11.5 Å². The van der Waals surface area contributed by atoms with E-state index in [0.717, 1.165) is 6.42 Å². The molecule has 2 rings (SSSR count). The van der Waals surface area contributed by atoms with Gasteiger partial charge in [0.2, 0.25) is 0 Å². The first-order valence-electron chi connectivity index (χ1n) is 8.25. The van der Waals surface area contributed by atoms with Crippen LogP contribution in [0.3, 0.4) is 0 Å². The van der Waals surface area contributed by atoms with Crippen LogP contribution in [-0.2, 0) is 14.3 Å². The Morgan fingerprint density at radius 2 is 1.67 bits per heavy atom. The molecule has 2 aromatic rings. The van der Waals surface area contributed by atoms with Crippen molar-refractivity contribution in [2.24, 2.45) is 0 Å². The third kappa shape index (κ3) is 6.66. The van der Waals surface area contributed by atoms with Gasteiger partial charge in [0.15, 0.2) is 24.7 Å². The second kappa shape index (κ2) is 10.6. The number of esters is 1. The van der Waals surface area contributed by atoms with Gasteiger partial charge in [-0.15, -0.1) is 0 Å². The van der Waals surface area contributed by atoms with Gasteiger partial charge in [-0.2, -0.15) is 0 Å². The second-order valence-corrected chi connectivity index (χ2v) is 6.18. The molecule has 144 valence electrons. The number of benzene rings is 2. The van der Waals surface area contributed by atoms with Crippen LogP contribution < -0.4 is 14.8 Å². The van der Waals surface area contributed by atoms with Gasteiger partial charge in [0.25, 0.3) is 5.91 Å². The smallest absolute Gasteiger partial charge is 0.344 e. The van der Waals surface area contributed by atoms with Gasteiger partial charge in [-0.1, -0.05) is 48.3 Å². The number of hydrogen-bond acceptors (Lipinski definition) is 5. The van der Waals surface area contributed by atoms with Crippen LogP contribution in [0.2, 0.25) is 10.0 Å². The molecule has 27 heavy (non-hydrogen) atoms. The Bertz CT molecular complexity index is 797. The van der Waals surface area contributed by atoms with E-state index in [-0.39, 0.29) is 11.6 Å². The Morgan fingerprint density at radius 3 is 2.37 bits per heavy atom. The molecule has 0 atom stereocenters. The zero-order valence-electron chi connectivity index (χ0n) is 14.7. The summed E-state index contributed by atoms with van der Waals surface area (Å²) >= 11 is 11.9. The number of hydrogen-bond donors (Lipinski definition) is 1. The standard InChI is InChI=1S/C19H19Cl2NO5/c1-2-10-25-15-8-3-4-9-16(15)26-12-18(24)27-11-17(23)22-14-7-5-6-13(20)19(14)21/h3-9H,2,10-12H2,1H3,(H,22,23). The number of carbonyl (C=O) groups excluding carboxylic acids is 2. The molecule has 8 heteroatoms. The molecule has 1 amide bonds. The Labute approximate surface area is 167 Å². The normalized spacial score (nSPS) is 10.2. The van der Waals surface area contributed by atoms with E-state index in [1.54, 1.807) is 36.4 Å². The number of nitrogens with one attached hydrogen (secondary N) is 1. The third-order valence-electron chi connectivity index (χ3n) is 3.25. The van der Waals surface area contributed by atoms with E-state index in [4.69, 9.17) is 37.4 Å². The van der Waals surface area contributed by atoms with Crippen molar-refractivity contribution in [2.45, 2.75) is 13.3 Å². The number of rotatable bonds is 9. The first-order valence-corrected chi connectivity index (χ1v) is 9.01. The van der Waals surface area contributed by atoms with Gasteiger partial charge in [-0.3, -0.25) is 4.79 Å². The van der Waals surface area contributed by atoms with Crippen LogP contribution in [0.25, 0.3) is 0 Å². The molecule has 2 aromatic carbocycles. The summed E-state index contributed by atoms with van der Waals surface area (Å²) in [6.45, 7) is 1.70. The van der Waals surface area contributed by atoms with Crippen molar-refractivity contribution in [3.05, 3.63) is 52.5 Å². The fourth-order valence-corrected chi connectivity index (χ4v) is 2.36. The summed E-state index contributed by atoms with van der Waals surface area (Å²) in [6.07, 6.45) is 0.849. The van der Waals surface area contributed by atoms with E-state index in [9.17, 15) is 9.59 Å². The minimum absolute atomic E-state index is 0.214. The first-order chi connectivity index (χ1) is 13.0. The molecule has 0 spiro atoms. The lowest BCUT2D eigenvalue weighted by Gasteiger charge is -2.12. The van der Waals surface area contributed by atoms with Gasteiger partial charge >= 0.3 is 5.97 Å². The Morgan fingerprint density at radius 1 is 0.963 bits per heavy atom. The zero-order valence-corrected chi connectivity index (χ0v) is 16.2. The number of para-hydroxylation sites is 2. The Balaban J connectivity index is 1.79. The average molecular weight is 412 g/mol. The maximum atomic E-state index is 11.9. The molecule has 0 aliphatic heterocycles. The molecular formula is C19H19Cl2NO5. The second-order valence-electron chi connectivity index (χ2n) is 5.39. The maximum absolute atomic E-state index is 11.9. The molecule has 0 aliphatic rings. The van der Waals surface area contributed by atoms with Crippen molar-refractivity contribution < 1.29 is 23.8 Å². The summed E-state index contributed by atoms with van der Waals surface area (Å²) < 4.78 is 15.8. The predicted molar refractivity (Wildman–Crippen MR) is 104 cm³/mol. The molecule has 0 fully saturated rings. The van der Waals surface area contributed by atoms with E-state index in [2.05, 4.69) is 5.32 Å². The molecule has 0 saturated carbocycles. The van der Waals surface area contributed by atoms with E-state index in [0.29, 0.717) is 28.8 Å². The summed E-state index contributed by atoms with van der Waals surface area (Å²) in [5.74, 6) is -0.259. The molecule has 1 N–H and O–H groups in total. The summed E-state index contributed by atoms with van der Waals surface area (Å²) in [4.78, 5) is 23.7. The van der Waals surface area contributed by atoms with Crippen LogP contribution >= 0.6 is 23.2 Å². The van der Waals surface area contributed by atoms with E-state index < -0.39 is 18.5 Å². The third-order valence-corrected chi connectivity index (χ3v) is 4.07. The molecular weight excluding hydrogens is 393 g/mol. The van der Waals surface area contributed by atoms with Gasteiger partial charge in [-0.25, -0.2) is 4.79 Å². The van der Waals surface area contributed by atoms with Crippen LogP contribution in [0.1, 0.15) is 13.3 Å². The van der Waals surface area contributed by atoms with E-state index in [1.807, 2.05) is 13.0 Å². The quantitative estimate of drug-likeness (QED) is 0.621. The highest BCUT2D eigenvalue weighted by Crippen LogP contribution is 2.29. The number of anilines is 1. The molecule has 0 heterocycles. The number of carbonyl (C=O) groups is 2. The molecule has 0 radical (unpaired) electrons. The maximum Gasteiger partial charge on any atom is 0.344 e. The molecule has 0 aliphatic carbocycles. The van der Waals surface area contributed by atoms with Gasteiger partial charge in [0, 0.05) is 0 Å². The monoisotopic (exact) mass is 411 g/mol. The minimum atomic E-state index is -0.687. The zero-order chi connectivity index (χ0) is 19.6. The number of ether oxygens (including phenoxy) is 3. The topological polar surface area (TPSA) is 73.9 Å². The van der Waals surface area contributed by atoms with Crippen molar-refractivity contribution in [2.75, 3.05) is 25.1 Å². The van der Waals surface area contributed by atoms with Crippen LogP contribution in [0.5, 0.6) is 11.5 Å². The first kappa shape index (κ1) is 20.9. The van der Waals surface area contributed by atoms with Crippen molar-refractivity contribution in [1.82, 2.24) is 0 Å². The van der Waals surface area contributed by atoms with Gasteiger partial charge in [-0.05, 0) is 30.7 Å². The average Bonchev–Trinajstić information content (AvgIpc) is 2.67. The number of amides is 1. The molecule has 0 saturated heterocycles. The minimum Gasteiger partial charge on any atom is -0.490 e. The summed E-state index contributed by atoms with van der Waals surface area (Å²) in [7, 11) is 0. The summed E-state index contributed by atoms with van der Waals surface area (Å²) in [5, 5.41) is 3.04. The Kier molecular flexibility index (Phi) is 8.23. The molecule has 0 unspecified atom stereocenters. The van der Waals surface area contributed by atoms with Crippen LogP contribution in [0.15, 0.2) is 42.5 Å². The largest absolute Gasteiger partial charge is 0.490 e. The number of halogens is 2. The van der Waals surface area contributed by atoms with E-state index >= 15 is 0 Å². The summed E-state index contributed by atoms with van der Waals surface area (Å²) in [6, 6.07) is 11.8. The highest BCUT2D eigenvalue weighted by atomic mass is 35.5. The Hall–Kier alpha value is -2.44. The van der Waals surface area contributed by atoms with Crippen LogP contribution in [-0.4, -0.2) is 31.7 Å². The lowest BCUT2D eigenvalue weighted by molar-refractivity contribution is -0.149. The summed E-state index contributed by atoms with van der Waals surface area (Å²) in [5.41, 5.74) is 0.337. The van der Waals surface area contributed by atoms with Gasteiger partial charge in [0.05, 0.1) is 22.3 Å². The fraction of sp³-hybridized carbons (Fsp3) is 0.263. The van der Waals surface area contributed by atoms with Gasteiger partial charge in [0.1, 0.15) is 0 Å². The van der Waals surface area contributed by atoms with E-state index in [1.165, 1.54) is 0 Å². The van der Waals surface area contributed by atoms with Crippen LogP contribution in [0, 0.1) is 0 Å². The molecule has 0 bridgehead atoms. The highest BCUT2D eigenvalue weighted by molar-refractivity contribution is 6.44. The highest BCUT2D eigenvalue weighted by Gasteiger charge is 2.12.